The summed E-state index contributed by atoms with van der Waals surface area (Å²) in [6.07, 6.45) is 5.89. The van der Waals surface area contributed by atoms with Gasteiger partial charge < -0.3 is 16.6 Å². The molecular weight excluding hydrogens is 178 g/mol. The summed E-state index contributed by atoms with van der Waals surface area (Å²) in [5.41, 5.74) is 2.45. The van der Waals surface area contributed by atoms with Gasteiger partial charge in [-0.1, -0.05) is 26.2 Å². The Bertz CT molecular complexity index is 146. The number of amidine groups is 1. The summed E-state index contributed by atoms with van der Waals surface area (Å²) in [7, 11) is 0. The molecule has 5 nitrogen and oxygen atoms in total. The Morgan fingerprint density at radius 3 is 2.57 bits per heavy atom. The van der Waals surface area contributed by atoms with Gasteiger partial charge in [0.05, 0.1) is 0 Å². The highest BCUT2D eigenvalue weighted by Crippen LogP contribution is 1.96. The number of hydrogen-bond acceptors (Lipinski definition) is 4. The van der Waals surface area contributed by atoms with Gasteiger partial charge in [-0.3, -0.25) is 0 Å². The molecule has 0 amide bonds. The number of unbranched alkanes of at least 4 members (excludes halogenated alkanes) is 3. The lowest BCUT2D eigenvalue weighted by molar-refractivity contribution is 0.602. The maximum absolute atomic E-state index is 5.18. The smallest absolute Gasteiger partial charge is 0.137 e. The van der Waals surface area contributed by atoms with Crippen LogP contribution in [0.3, 0.4) is 0 Å². The lowest BCUT2D eigenvalue weighted by Gasteiger charge is -2.05. The second-order valence-electron chi connectivity index (χ2n) is 3.28. The minimum Gasteiger partial charge on any atom is -0.322 e. The van der Waals surface area contributed by atoms with E-state index < -0.39 is 0 Å². The van der Waals surface area contributed by atoms with Gasteiger partial charge in [-0.25, -0.2) is 5.84 Å². The average Bonchev–Trinajstić information content (AvgIpc) is 2.22. The third-order valence-corrected chi connectivity index (χ3v) is 2.07. The zero-order valence-corrected chi connectivity index (χ0v) is 9.05. The van der Waals surface area contributed by atoms with Crippen molar-refractivity contribution >= 4 is 5.84 Å². The Hall–Kier alpha value is -0.810. The summed E-state index contributed by atoms with van der Waals surface area (Å²) < 4.78 is 0. The molecule has 0 aromatic carbocycles. The lowest BCUT2D eigenvalue weighted by atomic mass is 10.2. The van der Waals surface area contributed by atoms with Crippen LogP contribution in [0.1, 0.15) is 39.0 Å². The normalized spacial score (nSPS) is 11.7. The third-order valence-electron chi connectivity index (χ3n) is 2.07. The first-order chi connectivity index (χ1) is 6.85. The predicted octanol–water partition coefficient (Wildman–Crippen LogP) is 0.282. The van der Waals surface area contributed by atoms with Crippen molar-refractivity contribution in [2.75, 3.05) is 13.1 Å². The topological polar surface area (TPSA) is 88.5 Å². The summed E-state index contributed by atoms with van der Waals surface area (Å²) in [4.78, 5) is 0. The Balaban J connectivity index is 3.13. The molecule has 0 bridgehead atoms. The Morgan fingerprint density at radius 1 is 1.21 bits per heavy atom. The monoisotopic (exact) mass is 201 g/mol. The van der Waals surface area contributed by atoms with Crippen LogP contribution in [-0.2, 0) is 0 Å². The van der Waals surface area contributed by atoms with Gasteiger partial charge in [-0.2, -0.15) is 5.10 Å². The molecule has 0 aliphatic rings. The van der Waals surface area contributed by atoms with Crippen LogP contribution in [-0.4, -0.2) is 18.9 Å². The third kappa shape index (κ3) is 7.82. The van der Waals surface area contributed by atoms with E-state index in [1.54, 1.807) is 0 Å². The first-order valence-electron chi connectivity index (χ1n) is 5.29. The van der Waals surface area contributed by atoms with E-state index in [-0.39, 0.29) is 0 Å². The molecule has 0 fully saturated rings. The molecule has 0 spiro atoms. The van der Waals surface area contributed by atoms with Crippen molar-refractivity contribution in [1.82, 2.24) is 10.7 Å². The van der Waals surface area contributed by atoms with Crippen molar-refractivity contribution in [3.8, 4) is 0 Å². The van der Waals surface area contributed by atoms with Gasteiger partial charge >= 0.3 is 0 Å². The zero-order valence-electron chi connectivity index (χ0n) is 9.05. The molecular formula is C9H23N5. The minimum absolute atomic E-state index is 0.631. The number of hydrazone groups is 1. The maximum atomic E-state index is 5.18. The van der Waals surface area contributed by atoms with E-state index in [9.17, 15) is 0 Å². The van der Waals surface area contributed by atoms with Crippen molar-refractivity contribution in [2.45, 2.75) is 39.0 Å². The van der Waals surface area contributed by atoms with Crippen molar-refractivity contribution in [3.63, 3.8) is 0 Å². The van der Waals surface area contributed by atoms with E-state index in [0.717, 1.165) is 19.5 Å². The number of hydrogen-bond donors (Lipinski definition) is 4. The highest BCUT2D eigenvalue weighted by Gasteiger charge is 1.94. The van der Waals surface area contributed by atoms with Crippen LogP contribution in [0.2, 0.25) is 0 Å². The highest BCUT2D eigenvalue weighted by molar-refractivity contribution is 5.81. The van der Waals surface area contributed by atoms with Gasteiger partial charge in [0.2, 0.25) is 0 Å². The van der Waals surface area contributed by atoms with Gasteiger partial charge in [0, 0.05) is 13.0 Å². The van der Waals surface area contributed by atoms with Crippen LogP contribution in [0.5, 0.6) is 0 Å². The van der Waals surface area contributed by atoms with Gasteiger partial charge in [0.1, 0.15) is 5.84 Å². The first kappa shape index (κ1) is 13.2. The van der Waals surface area contributed by atoms with E-state index in [0.29, 0.717) is 5.84 Å². The summed E-state index contributed by atoms with van der Waals surface area (Å²) in [6, 6.07) is 0. The summed E-state index contributed by atoms with van der Waals surface area (Å²) in [5, 5.41) is 6.81. The maximum Gasteiger partial charge on any atom is 0.137 e. The lowest BCUT2D eigenvalue weighted by Crippen LogP contribution is -2.34. The van der Waals surface area contributed by atoms with Crippen LogP contribution in [0.15, 0.2) is 5.10 Å². The first-order valence-corrected chi connectivity index (χ1v) is 5.29. The number of nitrogens with one attached hydrogen (secondary N) is 2. The zero-order chi connectivity index (χ0) is 10.6. The second-order valence-corrected chi connectivity index (χ2v) is 3.28. The van der Waals surface area contributed by atoms with Crippen LogP contribution in [0.25, 0.3) is 0 Å². The minimum atomic E-state index is 0.631. The largest absolute Gasteiger partial charge is 0.322 e. The van der Waals surface area contributed by atoms with E-state index in [4.69, 9.17) is 11.7 Å². The molecule has 0 aromatic heterocycles. The molecule has 0 radical (unpaired) electrons. The number of nitrogens with zero attached hydrogens (tertiary/aromatic N) is 1. The average molecular weight is 201 g/mol. The van der Waals surface area contributed by atoms with Crippen molar-refractivity contribution in [2.24, 2.45) is 16.8 Å². The molecule has 5 heteroatoms. The highest BCUT2D eigenvalue weighted by atomic mass is 15.3. The Morgan fingerprint density at radius 2 is 2.00 bits per heavy atom. The van der Waals surface area contributed by atoms with Crippen LogP contribution in [0.4, 0.5) is 0 Å². The fraction of sp³-hybridized carbons (Fsp3) is 0.889. The molecule has 0 unspecified atom stereocenters. The predicted molar refractivity (Wildman–Crippen MR) is 60.6 cm³/mol. The van der Waals surface area contributed by atoms with E-state index in [2.05, 4.69) is 22.8 Å². The fourth-order valence-corrected chi connectivity index (χ4v) is 1.18. The van der Waals surface area contributed by atoms with Crippen molar-refractivity contribution in [1.29, 1.82) is 0 Å². The van der Waals surface area contributed by atoms with Gasteiger partial charge in [0.15, 0.2) is 0 Å². The molecule has 14 heavy (non-hydrogen) atoms. The molecule has 0 saturated carbocycles. The van der Waals surface area contributed by atoms with Crippen LogP contribution >= 0.6 is 0 Å². The van der Waals surface area contributed by atoms with Crippen LogP contribution < -0.4 is 22.4 Å². The van der Waals surface area contributed by atoms with Gasteiger partial charge in [-0.05, 0) is 13.0 Å². The summed E-state index contributed by atoms with van der Waals surface area (Å²) >= 11 is 0. The fourth-order valence-electron chi connectivity index (χ4n) is 1.18. The summed E-state index contributed by atoms with van der Waals surface area (Å²) in [6.45, 7) is 4.14. The molecule has 0 atom stereocenters. The molecule has 0 aliphatic heterocycles. The van der Waals surface area contributed by atoms with E-state index in [1.165, 1.54) is 25.7 Å². The van der Waals surface area contributed by atoms with Crippen molar-refractivity contribution < 1.29 is 0 Å². The van der Waals surface area contributed by atoms with Gasteiger partial charge in [-0.15, -0.1) is 0 Å². The molecule has 0 heterocycles. The Labute approximate surface area is 86.3 Å². The molecule has 6 N–H and O–H groups in total. The second kappa shape index (κ2) is 10.3. The molecule has 0 rings (SSSR count). The van der Waals surface area contributed by atoms with Crippen molar-refractivity contribution in [3.05, 3.63) is 0 Å². The SMILES string of the molecule is CCCCCCNCC/C(=N/N)NN. The van der Waals surface area contributed by atoms with Crippen LogP contribution in [0, 0.1) is 0 Å². The van der Waals surface area contributed by atoms with E-state index in [1.807, 2.05) is 0 Å². The molecule has 0 aromatic rings. The molecule has 84 valence electrons. The number of nitrogens with two attached hydrogens (primary N) is 2. The summed E-state index contributed by atoms with van der Waals surface area (Å²) in [5.74, 6) is 10.9. The quantitative estimate of drug-likeness (QED) is 0.149. The molecule has 0 saturated heterocycles. The number of hydrazine groups is 1. The standard InChI is InChI=1S/C9H23N5/c1-2-3-4-5-7-12-8-6-9(13-10)14-11/h12H,2-8,10-11H2,1H3,(H,13,14). The number of rotatable bonds is 8. The van der Waals surface area contributed by atoms with E-state index >= 15 is 0 Å². The molecule has 0 aliphatic carbocycles. The van der Waals surface area contributed by atoms with Gasteiger partial charge in [0.25, 0.3) is 0 Å². The Kier molecular flexibility index (Phi) is 9.68.